The van der Waals surface area contributed by atoms with Crippen molar-refractivity contribution in [2.24, 2.45) is 5.73 Å². The van der Waals surface area contributed by atoms with Gasteiger partial charge in [-0.3, -0.25) is 9.09 Å². The summed E-state index contributed by atoms with van der Waals surface area (Å²) in [5, 5.41) is 0. The Hall–Kier alpha value is 0.642. The molecule has 4 nitrogen and oxygen atoms in total. The summed E-state index contributed by atoms with van der Waals surface area (Å²) in [6.07, 6.45) is 0.256. The largest absolute Gasteiger partial charge is 0.320 e. The molecule has 0 aromatic rings. The van der Waals surface area contributed by atoms with E-state index in [1.54, 1.807) is 0 Å². The summed E-state index contributed by atoms with van der Waals surface area (Å²) in [5.74, 6) is 0. The van der Waals surface area contributed by atoms with Crippen molar-refractivity contribution in [2.75, 3.05) is 6.61 Å². The van der Waals surface area contributed by atoms with Gasteiger partial charge in [-0.05, 0) is 0 Å². The summed E-state index contributed by atoms with van der Waals surface area (Å²) in [4.78, 5) is 0. The molecule has 0 aromatic carbocycles. The molecule has 1 rings (SSSR count). The molecular formula is C3H8AlNO3P. The minimum atomic E-state index is -2.22. The van der Waals surface area contributed by atoms with E-state index in [0.29, 0.717) is 13.0 Å². The second-order valence-electron chi connectivity index (χ2n) is 1.54. The zero-order valence-corrected chi connectivity index (χ0v) is 7.03. The quantitative estimate of drug-likeness (QED) is 0.395. The van der Waals surface area contributed by atoms with Crippen LogP contribution in [0, 0.1) is 0 Å². The summed E-state index contributed by atoms with van der Waals surface area (Å²) in [6, 6.07) is 0. The van der Waals surface area contributed by atoms with Crippen molar-refractivity contribution in [3.8, 4) is 0 Å². The fraction of sp³-hybridized carbons (Fsp3) is 1.00. The van der Waals surface area contributed by atoms with Crippen LogP contribution in [-0.4, -0.2) is 30.2 Å². The molecule has 2 unspecified atom stereocenters. The van der Waals surface area contributed by atoms with Gasteiger partial charge < -0.3 is 10.3 Å². The Labute approximate surface area is 64.8 Å². The Bertz CT molecular complexity index is 111. The molecular weight excluding hydrogens is 156 g/mol. The fourth-order valence-electron chi connectivity index (χ4n) is 0.475. The lowest BCUT2D eigenvalue weighted by molar-refractivity contribution is 0.101. The zero-order chi connectivity index (χ0) is 5.98. The Morgan fingerprint density at radius 3 is 2.67 bits per heavy atom. The lowest BCUT2D eigenvalue weighted by Crippen LogP contribution is -2.25. The normalized spacial score (nSPS) is 35.2. The van der Waals surface area contributed by atoms with E-state index < -0.39 is 8.25 Å². The third-order valence-electron chi connectivity index (χ3n) is 0.870. The van der Waals surface area contributed by atoms with E-state index >= 15 is 0 Å². The third kappa shape index (κ3) is 3.37. The van der Waals surface area contributed by atoms with Crippen molar-refractivity contribution in [1.82, 2.24) is 0 Å². The number of nitrogens with two attached hydrogens (primary N) is 1. The van der Waals surface area contributed by atoms with Gasteiger partial charge in [0.25, 0.3) is 0 Å². The third-order valence-corrected chi connectivity index (χ3v) is 1.80. The molecule has 3 radical (unpaired) electrons. The summed E-state index contributed by atoms with van der Waals surface area (Å²) in [6.45, 7) is 0.457. The van der Waals surface area contributed by atoms with Gasteiger partial charge in [-0.2, -0.15) is 0 Å². The first kappa shape index (κ1) is 9.64. The molecule has 1 saturated heterocycles. The zero-order valence-electron chi connectivity index (χ0n) is 4.87. The minimum Gasteiger partial charge on any atom is -0.310 e. The molecule has 0 spiro atoms. The van der Waals surface area contributed by atoms with Gasteiger partial charge in [-0.15, -0.1) is 0 Å². The number of hydrogen-bond donors (Lipinski definition) is 1. The summed E-state index contributed by atoms with van der Waals surface area (Å²) < 4.78 is 19.5. The lowest BCUT2D eigenvalue weighted by Gasteiger charge is -2.17. The maximum Gasteiger partial charge on any atom is 0.320 e. The standard InChI is InChI=1S/C3H8NO3P.Al/c4-3-1-2-6-8(5)7-3;/h3,8H,1-2,4H2;. The van der Waals surface area contributed by atoms with Crippen molar-refractivity contribution >= 4 is 25.6 Å². The van der Waals surface area contributed by atoms with Crippen LogP contribution in [0.25, 0.3) is 0 Å². The van der Waals surface area contributed by atoms with Gasteiger partial charge >= 0.3 is 8.25 Å². The van der Waals surface area contributed by atoms with Crippen molar-refractivity contribution in [3.63, 3.8) is 0 Å². The van der Waals surface area contributed by atoms with E-state index in [1.807, 2.05) is 0 Å². The smallest absolute Gasteiger partial charge is 0.310 e. The van der Waals surface area contributed by atoms with Gasteiger partial charge in [-0.25, -0.2) is 0 Å². The van der Waals surface area contributed by atoms with Gasteiger partial charge in [0.15, 0.2) is 0 Å². The molecule has 6 heteroatoms. The Balaban J connectivity index is 0.000000640. The topological polar surface area (TPSA) is 61.5 Å². The van der Waals surface area contributed by atoms with Gasteiger partial charge in [0.1, 0.15) is 6.23 Å². The molecule has 0 aliphatic carbocycles. The van der Waals surface area contributed by atoms with Crippen molar-refractivity contribution in [1.29, 1.82) is 0 Å². The highest BCUT2D eigenvalue weighted by molar-refractivity contribution is 7.33. The first-order valence-corrected chi connectivity index (χ1v) is 3.60. The van der Waals surface area contributed by atoms with Gasteiger partial charge in [-0.1, -0.05) is 0 Å². The van der Waals surface area contributed by atoms with E-state index in [9.17, 15) is 4.57 Å². The van der Waals surface area contributed by atoms with Crippen LogP contribution < -0.4 is 5.73 Å². The Kier molecular flexibility index (Phi) is 4.77. The maximum atomic E-state index is 10.3. The predicted octanol–water partition coefficient (Wildman–Crippen LogP) is -0.283. The SMILES string of the molecule is NC1CCO[PH](=O)O1.[Al]. The van der Waals surface area contributed by atoms with Crippen LogP contribution in [0.15, 0.2) is 0 Å². The van der Waals surface area contributed by atoms with Crippen molar-refractivity contribution in [3.05, 3.63) is 0 Å². The van der Waals surface area contributed by atoms with E-state index in [-0.39, 0.29) is 23.6 Å². The maximum absolute atomic E-state index is 10.3. The summed E-state index contributed by atoms with van der Waals surface area (Å²) in [5.41, 5.74) is 5.25. The molecule has 51 valence electrons. The predicted molar refractivity (Wildman–Crippen MR) is 34.4 cm³/mol. The van der Waals surface area contributed by atoms with Crippen LogP contribution in [0.1, 0.15) is 6.42 Å². The number of rotatable bonds is 0. The highest BCUT2D eigenvalue weighted by Crippen LogP contribution is 2.29. The molecule has 1 aliphatic heterocycles. The molecule has 0 bridgehead atoms. The summed E-state index contributed by atoms with van der Waals surface area (Å²) in [7, 11) is -2.22. The van der Waals surface area contributed by atoms with Crippen molar-refractivity contribution in [2.45, 2.75) is 12.6 Å². The fourth-order valence-corrected chi connectivity index (χ4v) is 1.19. The Morgan fingerprint density at radius 2 is 2.33 bits per heavy atom. The first-order valence-electron chi connectivity index (χ1n) is 2.38. The summed E-state index contributed by atoms with van der Waals surface area (Å²) >= 11 is 0. The van der Waals surface area contributed by atoms with E-state index in [1.165, 1.54) is 0 Å². The van der Waals surface area contributed by atoms with Gasteiger partial charge in [0.05, 0.1) is 6.61 Å². The molecule has 1 heterocycles. The Morgan fingerprint density at radius 1 is 1.67 bits per heavy atom. The average Bonchev–Trinajstić information content (AvgIpc) is 1.64. The van der Waals surface area contributed by atoms with Crippen LogP contribution in [-0.2, 0) is 13.6 Å². The molecule has 0 amide bonds. The van der Waals surface area contributed by atoms with Gasteiger partial charge in [0.2, 0.25) is 0 Å². The highest BCUT2D eigenvalue weighted by atomic mass is 31.1. The highest BCUT2D eigenvalue weighted by Gasteiger charge is 2.13. The van der Waals surface area contributed by atoms with E-state index in [2.05, 4.69) is 9.05 Å². The minimum absolute atomic E-state index is 0. The monoisotopic (exact) mass is 164 g/mol. The lowest BCUT2D eigenvalue weighted by atomic mass is 10.4. The molecule has 1 aliphatic rings. The van der Waals surface area contributed by atoms with Crippen molar-refractivity contribution < 1.29 is 13.6 Å². The molecule has 0 aromatic heterocycles. The van der Waals surface area contributed by atoms with Crippen LogP contribution in [0.5, 0.6) is 0 Å². The van der Waals surface area contributed by atoms with Crippen LogP contribution >= 0.6 is 8.25 Å². The molecule has 2 atom stereocenters. The average molecular weight is 164 g/mol. The van der Waals surface area contributed by atoms with E-state index in [0.717, 1.165) is 0 Å². The van der Waals surface area contributed by atoms with Crippen LogP contribution in [0.3, 0.4) is 0 Å². The number of hydrogen-bond acceptors (Lipinski definition) is 4. The van der Waals surface area contributed by atoms with Crippen LogP contribution in [0.2, 0.25) is 0 Å². The van der Waals surface area contributed by atoms with Crippen LogP contribution in [0.4, 0.5) is 0 Å². The van der Waals surface area contributed by atoms with Gasteiger partial charge in [0, 0.05) is 23.8 Å². The molecule has 1 fully saturated rings. The molecule has 0 saturated carbocycles. The molecule has 2 N–H and O–H groups in total. The second kappa shape index (κ2) is 4.46. The molecule has 9 heavy (non-hydrogen) atoms. The van der Waals surface area contributed by atoms with E-state index in [4.69, 9.17) is 5.73 Å². The first-order chi connectivity index (χ1) is 3.79. The second-order valence-corrected chi connectivity index (χ2v) is 2.57.